The third kappa shape index (κ3) is 2.96. The van der Waals surface area contributed by atoms with Gasteiger partial charge >= 0.3 is 0 Å². The molecular formula is C14H16N4OS. The first kappa shape index (κ1) is 13.1. The molecule has 1 aromatic carbocycles. The van der Waals surface area contributed by atoms with Gasteiger partial charge in [-0.05, 0) is 30.5 Å². The van der Waals surface area contributed by atoms with Crippen LogP contribution in [0, 0.1) is 0 Å². The van der Waals surface area contributed by atoms with Crippen LogP contribution in [0.2, 0.25) is 0 Å². The highest BCUT2D eigenvalue weighted by atomic mass is 32.1. The zero-order valence-electron chi connectivity index (χ0n) is 11.2. The van der Waals surface area contributed by atoms with Crippen molar-refractivity contribution < 1.29 is 4.79 Å². The monoisotopic (exact) mass is 288 g/mol. The molecule has 20 heavy (non-hydrogen) atoms. The van der Waals surface area contributed by atoms with Crippen molar-refractivity contribution in [2.75, 3.05) is 12.4 Å². The molecule has 1 aromatic heterocycles. The van der Waals surface area contributed by atoms with Crippen molar-refractivity contribution >= 4 is 22.6 Å². The zero-order valence-corrected chi connectivity index (χ0v) is 12.0. The first-order valence-corrected chi connectivity index (χ1v) is 7.42. The second-order valence-electron chi connectivity index (χ2n) is 4.86. The smallest absolute Gasteiger partial charge is 0.251 e. The summed E-state index contributed by atoms with van der Waals surface area (Å²) in [5.74, 6) is 1.50. The standard InChI is InChI=1S/C14H16N4OS/c1-15-13(19)11-4-2-9(3-5-11)8-16-14-17-12(18-20-14)10-6-7-10/h2-5,10H,6-8H2,1H3,(H,15,19)(H,16,17,18). The molecule has 2 aromatic rings. The van der Waals surface area contributed by atoms with E-state index in [2.05, 4.69) is 20.0 Å². The highest BCUT2D eigenvalue weighted by molar-refractivity contribution is 7.09. The fourth-order valence-electron chi connectivity index (χ4n) is 1.91. The minimum absolute atomic E-state index is 0.0669. The lowest BCUT2D eigenvalue weighted by Crippen LogP contribution is -2.17. The van der Waals surface area contributed by atoms with Gasteiger partial charge in [-0.1, -0.05) is 12.1 Å². The minimum atomic E-state index is -0.0669. The number of nitrogens with zero attached hydrogens (tertiary/aromatic N) is 2. The summed E-state index contributed by atoms with van der Waals surface area (Å²) in [6, 6.07) is 7.54. The van der Waals surface area contributed by atoms with Crippen LogP contribution in [0.5, 0.6) is 0 Å². The lowest BCUT2D eigenvalue weighted by Gasteiger charge is -2.04. The highest BCUT2D eigenvalue weighted by Gasteiger charge is 2.27. The topological polar surface area (TPSA) is 66.9 Å². The van der Waals surface area contributed by atoms with E-state index in [0.29, 0.717) is 18.0 Å². The number of hydrogen-bond acceptors (Lipinski definition) is 5. The van der Waals surface area contributed by atoms with E-state index in [4.69, 9.17) is 0 Å². The maximum Gasteiger partial charge on any atom is 0.251 e. The third-order valence-corrected chi connectivity index (χ3v) is 3.96. The van der Waals surface area contributed by atoms with Gasteiger partial charge in [-0.3, -0.25) is 4.79 Å². The van der Waals surface area contributed by atoms with E-state index in [1.54, 1.807) is 7.05 Å². The van der Waals surface area contributed by atoms with Crippen LogP contribution in [0.15, 0.2) is 24.3 Å². The van der Waals surface area contributed by atoms with Crippen molar-refractivity contribution in [2.45, 2.75) is 25.3 Å². The van der Waals surface area contributed by atoms with Gasteiger partial charge in [0.15, 0.2) is 0 Å². The van der Waals surface area contributed by atoms with Crippen molar-refractivity contribution in [1.82, 2.24) is 14.7 Å². The van der Waals surface area contributed by atoms with Gasteiger partial charge in [0.05, 0.1) is 0 Å². The molecule has 104 valence electrons. The van der Waals surface area contributed by atoms with E-state index in [1.165, 1.54) is 24.4 Å². The molecule has 1 heterocycles. The molecule has 0 atom stereocenters. The molecule has 3 rings (SSSR count). The maximum atomic E-state index is 11.4. The van der Waals surface area contributed by atoms with Crippen LogP contribution in [-0.2, 0) is 6.54 Å². The van der Waals surface area contributed by atoms with Crippen molar-refractivity contribution in [3.63, 3.8) is 0 Å². The predicted molar refractivity (Wildman–Crippen MR) is 79.0 cm³/mol. The molecule has 0 bridgehead atoms. The van der Waals surface area contributed by atoms with Gasteiger partial charge in [0.2, 0.25) is 5.13 Å². The fourth-order valence-corrected chi connectivity index (χ4v) is 2.55. The summed E-state index contributed by atoms with van der Waals surface area (Å²) in [5.41, 5.74) is 1.78. The fraction of sp³-hybridized carbons (Fsp3) is 0.357. The number of carbonyl (C=O) groups is 1. The second-order valence-corrected chi connectivity index (χ2v) is 5.61. The van der Waals surface area contributed by atoms with E-state index in [0.717, 1.165) is 16.5 Å². The van der Waals surface area contributed by atoms with E-state index < -0.39 is 0 Å². The maximum absolute atomic E-state index is 11.4. The molecule has 1 saturated carbocycles. The normalized spacial score (nSPS) is 14.1. The predicted octanol–water partition coefficient (Wildman–Crippen LogP) is 2.39. The van der Waals surface area contributed by atoms with Crippen LogP contribution in [0.3, 0.4) is 0 Å². The Morgan fingerprint density at radius 2 is 2.10 bits per heavy atom. The number of rotatable bonds is 5. The molecule has 0 unspecified atom stereocenters. The number of amides is 1. The Balaban J connectivity index is 1.58. The van der Waals surface area contributed by atoms with Gasteiger partial charge in [-0.25, -0.2) is 4.98 Å². The molecule has 0 aliphatic heterocycles. The van der Waals surface area contributed by atoms with E-state index in [9.17, 15) is 4.79 Å². The Hall–Kier alpha value is -1.95. The third-order valence-electron chi connectivity index (χ3n) is 3.27. The Bertz CT molecular complexity index is 604. The van der Waals surface area contributed by atoms with Gasteiger partial charge in [0, 0.05) is 36.6 Å². The molecular weight excluding hydrogens is 272 g/mol. The lowest BCUT2D eigenvalue weighted by atomic mass is 10.1. The van der Waals surface area contributed by atoms with E-state index in [-0.39, 0.29) is 5.91 Å². The first-order valence-electron chi connectivity index (χ1n) is 6.65. The van der Waals surface area contributed by atoms with Crippen LogP contribution in [-0.4, -0.2) is 22.3 Å². The molecule has 0 spiro atoms. The Labute approximate surface area is 121 Å². The van der Waals surface area contributed by atoms with E-state index >= 15 is 0 Å². The van der Waals surface area contributed by atoms with Crippen LogP contribution in [0.25, 0.3) is 0 Å². The molecule has 0 radical (unpaired) electrons. The Kier molecular flexibility index (Phi) is 3.64. The van der Waals surface area contributed by atoms with Crippen molar-refractivity contribution in [2.24, 2.45) is 0 Å². The summed E-state index contributed by atoms with van der Waals surface area (Å²) in [7, 11) is 1.63. The van der Waals surface area contributed by atoms with Crippen LogP contribution < -0.4 is 10.6 Å². The van der Waals surface area contributed by atoms with Crippen LogP contribution in [0.4, 0.5) is 5.13 Å². The Morgan fingerprint density at radius 3 is 2.75 bits per heavy atom. The number of anilines is 1. The first-order chi connectivity index (χ1) is 9.76. The quantitative estimate of drug-likeness (QED) is 0.886. The van der Waals surface area contributed by atoms with Gasteiger partial charge < -0.3 is 10.6 Å². The largest absolute Gasteiger partial charge is 0.356 e. The average Bonchev–Trinajstić information content (AvgIpc) is 3.24. The summed E-state index contributed by atoms with van der Waals surface area (Å²) in [6.45, 7) is 0.688. The van der Waals surface area contributed by atoms with E-state index in [1.807, 2.05) is 24.3 Å². The SMILES string of the molecule is CNC(=O)c1ccc(CNc2nc(C3CC3)ns2)cc1. The number of carbonyl (C=O) groups excluding carboxylic acids is 1. The lowest BCUT2D eigenvalue weighted by molar-refractivity contribution is 0.0963. The number of aromatic nitrogens is 2. The summed E-state index contributed by atoms with van der Waals surface area (Å²) < 4.78 is 4.35. The molecule has 1 aliphatic carbocycles. The average molecular weight is 288 g/mol. The molecule has 0 saturated heterocycles. The number of benzene rings is 1. The molecule has 6 heteroatoms. The summed E-state index contributed by atoms with van der Waals surface area (Å²) in [4.78, 5) is 15.9. The Morgan fingerprint density at radius 1 is 1.35 bits per heavy atom. The summed E-state index contributed by atoms with van der Waals surface area (Å²) >= 11 is 1.41. The second kappa shape index (κ2) is 5.58. The molecule has 1 fully saturated rings. The molecule has 5 nitrogen and oxygen atoms in total. The van der Waals surface area contributed by atoms with Crippen molar-refractivity contribution in [3.05, 3.63) is 41.2 Å². The molecule has 1 amide bonds. The van der Waals surface area contributed by atoms with Crippen molar-refractivity contribution in [1.29, 1.82) is 0 Å². The van der Waals surface area contributed by atoms with Crippen LogP contribution >= 0.6 is 11.5 Å². The number of hydrogen-bond donors (Lipinski definition) is 2. The highest BCUT2D eigenvalue weighted by Crippen LogP contribution is 2.39. The molecule has 2 N–H and O–H groups in total. The van der Waals surface area contributed by atoms with Gasteiger partial charge in [0.25, 0.3) is 5.91 Å². The summed E-state index contributed by atoms with van der Waals surface area (Å²) in [6.07, 6.45) is 2.44. The summed E-state index contributed by atoms with van der Waals surface area (Å²) in [5, 5.41) is 6.74. The van der Waals surface area contributed by atoms with Gasteiger partial charge in [-0.15, -0.1) is 0 Å². The van der Waals surface area contributed by atoms with Gasteiger partial charge in [0.1, 0.15) is 5.82 Å². The number of nitrogens with one attached hydrogen (secondary N) is 2. The van der Waals surface area contributed by atoms with Gasteiger partial charge in [-0.2, -0.15) is 4.37 Å². The van der Waals surface area contributed by atoms with Crippen molar-refractivity contribution in [3.8, 4) is 0 Å². The molecule has 1 aliphatic rings. The zero-order chi connectivity index (χ0) is 13.9. The minimum Gasteiger partial charge on any atom is -0.356 e. The van der Waals surface area contributed by atoms with Crippen LogP contribution in [0.1, 0.15) is 40.5 Å².